The predicted molar refractivity (Wildman–Crippen MR) is 80.7 cm³/mol. The van der Waals surface area contributed by atoms with Gasteiger partial charge in [-0.2, -0.15) is 4.98 Å². The Hall–Kier alpha value is -2.30. The molecule has 0 atom stereocenters. The average molecular weight is 272 g/mol. The normalized spacial score (nSPS) is 10.3. The molecular weight excluding hydrogens is 252 g/mol. The highest BCUT2D eigenvalue weighted by atomic mass is 16.5. The number of nitrogens with zero attached hydrogens (tertiary/aromatic N) is 2. The maximum atomic E-state index is 5.75. The molecule has 106 valence electrons. The van der Waals surface area contributed by atoms with Crippen molar-refractivity contribution < 1.29 is 4.74 Å². The summed E-state index contributed by atoms with van der Waals surface area (Å²) in [6.07, 6.45) is 0.953. The minimum atomic E-state index is 0.568. The van der Waals surface area contributed by atoms with Crippen LogP contribution in [0.4, 0.5) is 11.6 Å². The molecule has 1 aromatic heterocycles. The first-order valence-electron chi connectivity index (χ1n) is 6.74. The van der Waals surface area contributed by atoms with E-state index in [2.05, 4.69) is 22.2 Å². The third-order valence-electron chi connectivity index (χ3n) is 2.69. The van der Waals surface area contributed by atoms with Gasteiger partial charge in [0.2, 0.25) is 11.8 Å². The van der Waals surface area contributed by atoms with Gasteiger partial charge < -0.3 is 15.8 Å². The molecule has 0 radical (unpaired) electrons. The van der Waals surface area contributed by atoms with Crippen LogP contribution in [0.2, 0.25) is 0 Å². The molecule has 0 amide bonds. The lowest BCUT2D eigenvalue weighted by molar-refractivity contribution is 0.305. The number of hydrogen-bond acceptors (Lipinski definition) is 5. The maximum Gasteiger partial charge on any atom is 0.226 e. The van der Waals surface area contributed by atoms with Crippen molar-refractivity contribution in [3.63, 3.8) is 0 Å². The molecule has 0 saturated carbocycles. The fraction of sp³-hybridized carbons (Fsp3) is 0.333. The number of aromatic nitrogens is 2. The van der Waals surface area contributed by atoms with E-state index in [9.17, 15) is 0 Å². The van der Waals surface area contributed by atoms with Gasteiger partial charge in [0.25, 0.3) is 0 Å². The highest BCUT2D eigenvalue weighted by Gasteiger charge is 2.03. The van der Waals surface area contributed by atoms with Crippen LogP contribution in [-0.2, 0) is 6.54 Å². The van der Waals surface area contributed by atoms with Gasteiger partial charge in [0.05, 0.1) is 6.61 Å². The molecule has 1 aromatic carbocycles. The van der Waals surface area contributed by atoms with Crippen molar-refractivity contribution in [2.45, 2.75) is 26.8 Å². The number of anilines is 2. The number of ether oxygens (including phenoxy) is 1. The van der Waals surface area contributed by atoms with Crippen LogP contribution in [0.1, 0.15) is 24.6 Å². The lowest BCUT2D eigenvalue weighted by Crippen LogP contribution is -2.07. The van der Waals surface area contributed by atoms with Gasteiger partial charge in [0.15, 0.2) is 0 Å². The Kier molecular flexibility index (Phi) is 4.76. The molecule has 1 heterocycles. The second-order valence-electron chi connectivity index (χ2n) is 4.62. The minimum Gasteiger partial charge on any atom is -0.478 e. The van der Waals surface area contributed by atoms with E-state index in [1.165, 1.54) is 0 Å². The number of aryl methyl sites for hydroxylation is 1. The first-order valence-corrected chi connectivity index (χ1v) is 6.74. The SMILES string of the molecule is CCCOc1cc(C)nc(NCc2cccc(N)c2)n1. The Balaban J connectivity index is 2.03. The lowest BCUT2D eigenvalue weighted by Gasteiger charge is -2.09. The van der Waals surface area contributed by atoms with Gasteiger partial charge in [-0.1, -0.05) is 19.1 Å². The van der Waals surface area contributed by atoms with Gasteiger partial charge in [-0.15, -0.1) is 0 Å². The number of hydrogen-bond donors (Lipinski definition) is 2. The van der Waals surface area contributed by atoms with Gasteiger partial charge in [-0.3, -0.25) is 0 Å². The molecule has 0 saturated heterocycles. The van der Waals surface area contributed by atoms with Crippen molar-refractivity contribution in [1.29, 1.82) is 0 Å². The maximum absolute atomic E-state index is 5.75. The number of rotatable bonds is 6. The minimum absolute atomic E-state index is 0.568. The summed E-state index contributed by atoms with van der Waals surface area (Å²) in [7, 11) is 0. The van der Waals surface area contributed by atoms with Crippen LogP contribution >= 0.6 is 0 Å². The topological polar surface area (TPSA) is 73.1 Å². The van der Waals surface area contributed by atoms with E-state index in [1.54, 1.807) is 0 Å². The summed E-state index contributed by atoms with van der Waals surface area (Å²) in [5.74, 6) is 1.17. The zero-order valence-corrected chi connectivity index (χ0v) is 11.9. The molecule has 3 N–H and O–H groups in total. The van der Waals surface area contributed by atoms with Gasteiger partial charge in [-0.05, 0) is 31.0 Å². The van der Waals surface area contributed by atoms with Crippen LogP contribution in [0.5, 0.6) is 5.88 Å². The molecule has 2 rings (SSSR count). The molecule has 2 aromatic rings. The summed E-state index contributed by atoms with van der Waals surface area (Å²) >= 11 is 0. The molecular formula is C15H20N4O. The fourth-order valence-electron chi connectivity index (χ4n) is 1.78. The molecule has 0 unspecified atom stereocenters. The summed E-state index contributed by atoms with van der Waals surface area (Å²) < 4.78 is 5.54. The highest BCUT2D eigenvalue weighted by Crippen LogP contribution is 2.14. The van der Waals surface area contributed by atoms with E-state index in [0.29, 0.717) is 25.0 Å². The zero-order valence-electron chi connectivity index (χ0n) is 11.9. The van der Waals surface area contributed by atoms with Crippen molar-refractivity contribution in [2.75, 3.05) is 17.7 Å². The van der Waals surface area contributed by atoms with E-state index in [1.807, 2.05) is 37.3 Å². The second kappa shape index (κ2) is 6.75. The number of nitrogen functional groups attached to an aromatic ring is 1. The van der Waals surface area contributed by atoms with Gasteiger partial charge in [0, 0.05) is 24.0 Å². The summed E-state index contributed by atoms with van der Waals surface area (Å²) in [6.45, 7) is 5.27. The largest absolute Gasteiger partial charge is 0.478 e. The van der Waals surface area contributed by atoms with Gasteiger partial charge >= 0.3 is 0 Å². The predicted octanol–water partition coefficient (Wildman–Crippen LogP) is 2.77. The molecule has 5 nitrogen and oxygen atoms in total. The number of nitrogens with two attached hydrogens (primary N) is 1. The molecule has 5 heteroatoms. The van der Waals surface area contributed by atoms with Crippen LogP contribution < -0.4 is 15.8 Å². The van der Waals surface area contributed by atoms with E-state index in [4.69, 9.17) is 10.5 Å². The van der Waals surface area contributed by atoms with Gasteiger partial charge in [-0.25, -0.2) is 4.98 Å². The van der Waals surface area contributed by atoms with Crippen LogP contribution in [0.15, 0.2) is 30.3 Å². The van der Waals surface area contributed by atoms with Crippen molar-refractivity contribution in [2.24, 2.45) is 0 Å². The summed E-state index contributed by atoms with van der Waals surface area (Å²) in [5, 5.41) is 3.19. The smallest absolute Gasteiger partial charge is 0.226 e. The summed E-state index contributed by atoms with van der Waals surface area (Å²) in [5.41, 5.74) is 8.47. The Morgan fingerprint density at radius 2 is 2.10 bits per heavy atom. The molecule has 0 aliphatic carbocycles. The number of nitrogens with one attached hydrogen (secondary N) is 1. The van der Waals surface area contributed by atoms with Gasteiger partial charge in [0.1, 0.15) is 0 Å². The van der Waals surface area contributed by atoms with Crippen LogP contribution in [0, 0.1) is 6.92 Å². The Labute approximate surface area is 119 Å². The average Bonchev–Trinajstić information content (AvgIpc) is 2.42. The lowest BCUT2D eigenvalue weighted by atomic mass is 10.2. The molecule has 0 bridgehead atoms. The first kappa shape index (κ1) is 14.1. The van der Waals surface area contributed by atoms with Crippen LogP contribution in [0.25, 0.3) is 0 Å². The second-order valence-corrected chi connectivity index (χ2v) is 4.62. The third-order valence-corrected chi connectivity index (χ3v) is 2.69. The van der Waals surface area contributed by atoms with Crippen LogP contribution in [0.3, 0.4) is 0 Å². The summed E-state index contributed by atoms with van der Waals surface area (Å²) in [6, 6.07) is 9.56. The Bertz CT molecular complexity index is 572. The Morgan fingerprint density at radius 1 is 1.25 bits per heavy atom. The third kappa shape index (κ3) is 4.12. The van der Waals surface area contributed by atoms with Crippen molar-refractivity contribution in [1.82, 2.24) is 9.97 Å². The molecule has 0 spiro atoms. The zero-order chi connectivity index (χ0) is 14.4. The summed E-state index contributed by atoms with van der Waals surface area (Å²) in [4.78, 5) is 8.68. The highest BCUT2D eigenvalue weighted by molar-refractivity contribution is 5.42. The van der Waals surface area contributed by atoms with Crippen molar-refractivity contribution in [3.05, 3.63) is 41.6 Å². The Morgan fingerprint density at radius 3 is 2.85 bits per heavy atom. The molecule has 0 aliphatic heterocycles. The first-order chi connectivity index (χ1) is 9.67. The van der Waals surface area contributed by atoms with Crippen molar-refractivity contribution in [3.8, 4) is 5.88 Å². The molecule has 0 aliphatic rings. The quantitative estimate of drug-likeness (QED) is 0.791. The monoisotopic (exact) mass is 272 g/mol. The number of benzene rings is 1. The van der Waals surface area contributed by atoms with E-state index in [0.717, 1.165) is 23.4 Å². The fourth-order valence-corrected chi connectivity index (χ4v) is 1.78. The van der Waals surface area contributed by atoms with E-state index >= 15 is 0 Å². The van der Waals surface area contributed by atoms with Crippen LogP contribution in [-0.4, -0.2) is 16.6 Å². The standard InChI is InChI=1S/C15H20N4O/c1-3-7-20-14-8-11(2)18-15(19-14)17-10-12-5-4-6-13(16)9-12/h4-6,8-9H,3,7,10,16H2,1-2H3,(H,17,18,19). The van der Waals surface area contributed by atoms with Crippen molar-refractivity contribution >= 4 is 11.6 Å². The van der Waals surface area contributed by atoms with E-state index < -0.39 is 0 Å². The molecule has 0 fully saturated rings. The van der Waals surface area contributed by atoms with E-state index in [-0.39, 0.29) is 0 Å². The molecule has 20 heavy (non-hydrogen) atoms.